The first-order valence-electron chi connectivity index (χ1n) is 17.4. The van der Waals surface area contributed by atoms with Gasteiger partial charge in [0.2, 0.25) is 0 Å². The van der Waals surface area contributed by atoms with E-state index in [-0.39, 0.29) is 0 Å². The van der Waals surface area contributed by atoms with Crippen LogP contribution in [0.2, 0.25) is 0 Å². The van der Waals surface area contributed by atoms with Gasteiger partial charge >= 0.3 is 0 Å². The smallest absolute Gasteiger partial charge is 0.144 e. The van der Waals surface area contributed by atoms with Crippen LogP contribution >= 0.6 is 11.8 Å². The van der Waals surface area contributed by atoms with Crippen LogP contribution in [-0.2, 0) is 5.41 Å². The molecule has 0 saturated heterocycles. The highest BCUT2D eigenvalue weighted by Crippen LogP contribution is 2.62. The maximum absolute atomic E-state index is 6.92. The van der Waals surface area contributed by atoms with Crippen molar-refractivity contribution in [1.29, 1.82) is 0 Å². The molecule has 2 aromatic heterocycles. The Balaban J connectivity index is 1.18. The van der Waals surface area contributed by atoms with E-state index in [0.29, 0.717) is 0 Å². The maximum Gasteiger partial charge on any atom is 0.144 e. The molecule has 0 unspecified atom stereocenters. The van der Waals surface area contributed by atoms with E-state index in [4.69, 9.17) is 9.40 Å². The van der Waals surface area contributed by atoms with Crippen LogP contribution in [0.15, 0.2) is 190 Å². The van der Waals surface area contributed by atoms with Gasteiger partial charge in [0.15, 0.2) is 0 Å². The Morgan fingerprint density at radius 3 is 1.76 bits per heavy atom. The van der Waals surface area contributed by atoms with E-state index in [1.165, 1.54) is 43.2 Å². The van der Waals surface area contributed by atoms with Gasteiger partial charge in [-0.05, 0) is 80.9 Å². The van der Waals surface area contributed by atoms with Gasteiger partial charge in [-0.2, -0.15) is 0 Å². The lowest BCUT2D eigenvalue weighted by atomic mass is 9.67. The van der Waals surface area contributed by atoms with Crippen molar-refractivity contribution < 1.29 is 4.42 Å². The number of nitrogens with zero attached hydrogens (tertiary/aromatic N) is 1. The van der Waals surface area contributed by atoms with Gasteiger partial charge in [0.05, 0.1) is 16.8 Å². The lowest BCUT2D eigenvalue weighted by molar-refractivity contribution is 0.665. The van der Waals surface area contributed by atoms with E-state index in [2.05, 4.69) is 170 Å². The summed E-state index contributed by atoms with van der Waals surface area (Å²) in [6, 6.07) is 63.4. The van der Waals surface area contributed by atoms with Crippen molar-refractivity contribution >= 4 is 33.7 Å². The minimum absolute atomic E-state index is 0.435. The number of rotatable bonds is 3. The molecule has 7 aromatic carbocycles. The van der Waals surface area contributed by atoms with E-state index in [9.17, 15) is 0 Å². The quantitative estimate of drug-likeness (QED) is 0.188. The number of benzene rings is 7. The maximum atomic E-state index is 6.92. The summed E-state index contributed by atoms with van der Waals surface area (Å²) >= 11 is 1.84. The SMILES string of the molecule is c1ccc(-c2cc(-c3ccccc3)nc(-c3cccc4c3oc3cc5c(cc34)C3(c4ccccc4S5)c4ccccc4-c4ccccc43)c2)cc1. The summed E-state index contributed by atoms with van der Waals surface area (Å²) < 4.78 is 6.92. The van der Waals surface area contributed by atoms with Crippen LogP contribution in [0.5, 0.6) is 0 Å². The number of hydrogen-bond acceptors (Lipinski definition) is 3. The zero-order valence-electron chi connectivity index (χ0n) is 27.5. The van der Waals surface area contributed by atoms with Crippen LogP contribution in [-0.4, -0.2) is 4.98 Å². The number of hydrogen-bond donors (Lipinski definition) is 0. The molecule has 0 radical (unpaired) electrons. The van der Waals surface area contributed by atoms with Gasteiger partial charge in [-0.1, -0.05) is 151 Å². The van der Waals surface area contributed by atoms with Crippen LogP contribution in [0.1, 0.15) is 22.3 Å². The van der Waals surface area contributed by atoms with Crippen LogP contribution in [0.4, 0.5) is 0 Å². The molecule has 9 aromatic rings. The van der Waals surface area contributed by atoms with Crippen LogP contribution in [0, 0.1) is 0 Å². The van der Waals surface area contributed by atoms with Crippen molar-refractivity contribution in [2.45, 2.75) is 15.2 Å². The van der Waals surface area contributed by atoms with Gasteiger partial charge in [0.1, 0.15) is 11.2 Å². The van der Waals surface area contributed by atoms with Crippen molar-refractivity contribution in [2.24, 2.45) is 0 Å². The summed E-state index contributed by atoms with van der Waals surface area (Å²) in [4.78, 5) is 7.77. The summed E-state index contributed by atoms with van der Waals surface area (Å²) in [7, 11) is 0. The predicted molar refractivity (Wildman–Crippen MR) is 209 cm³/mol. The highest BCUT2D eigenvalue weighted by atomic mass is 32.2. The van der Waals surface area contributed by atoms with Crippen molar-refractivity contribution in [1.82, 2.24) is 4.98 Å². The first-order valence-corrected chi connectivity index (χ1v) is 18.2. The molecule has 3 heterocycles. The average molecular weight is 668 g/mol. The Labute approximate surface area is 300 Å². The molecular weight excluding hydrogens is 639 g/mol. The topological polar surface area (TPSA) is 26.0 Å². The third-order valence-electron chi connectivity index (χ3n) is 10.7. The molecule has 1 aliphatic carbocycles. The zero-order chi connectivity index (χ0) is 33.5. The molecule has 1 aliphatic heterocycles. The summed E-state index contributed by atoms with van der Waals surface area (Å²) in [5, 5.41) is 2.21. The van der Waals surface area contributed by atoms with Gasteiger partial charge in [-0.25, -0.2) is 4.98 Å². The van der Waals surface area contributed by atoms with E-state index >= 15 is 0 Å². The summed E-state index contributed by atoms with van der Waals surface area (Å²) in [5.74, 6) is 0. The second-order valence-corrected chi connectivity index (χ2v) is 14.5. The molecule has 11 rings (SSSR count). The number of fused-ring (bicyclic) bond motifs is 12. The van der Waals surface area contributed by atoms with Gasteiger partial charge in [-0.3, -0.25) is 0 Å². The Morgan fingerprint density at radius 1 is 0.412 bits per heavy atom. The largest absolute Gasteiger partial charge is 0.455 e. The highest BCUT2D eigenvalue weighted by molar-refractivity contribution is 7.99. The molecule has 0 atom stereocenters. The van der Waals surface area contributed by atoms with E-state index in [0.717, 1.165) is 55.6 Å². The van der Waals surface area contributed by atoms with Crippen molar-refractivity contribution in [3.63, 3.8) is 0 Å². The van der Waals surface area contributed by atoms with Crippen molar-refractivity contribution in [3.8, 4) is 44.8 Å². The second kappa shape index (κ2) is 10.9. The molecule has 0 fully saturated rings. The molecule has 51 heavy (non-hydrogen) atoms. The minimum Gasteiger partial charge on any atom is -0.455 e. The Hall–Kier alpha value is -6.16. The van der Waals surface area contributed by atoms with Gasteiger partial charge in [0.25, 0.3) is 0 Å². The lowest BCUT2D eigenvalue weighted by Crippen LogP contribution is -2.31. The fraction of sp³-hybridized carbons (Fsp3) is 0.0208. The first kappa shape index (κ1) is 28.7. The molecule has 238 valence electrons. The number of furan rings is 1. The van der Waals surface area contributed by atoms with Gasteiger partial charge < -0.3 is 4.42 Å². The van der Waals surface area contributed by atoms with Crippen LogP contribution < -0.4 is 0 Å². The summed E-state index contributed by atoms with van der Waals surface area (Å²) in [6.07, 6.45) is 0. The Morgan fingerprint density at radius 2 is 1.02 bits per heavy atom. The predicted octanol–water partition coefficient (Wildman–Crippen LogP) is 12.8. The monoisotopic (exact) mass is 667 g/mol. The molecule has 2 aliphatic rings. The molecule has 3 heteroatoms. The fourth-order valence-electron chi connectivity index (χ4n) is 8.57. The lowest BCUT2D eigenvalue weighted by Gasteiger charge is -2.39. The molecule has 0 amide bonds. The molecule has 2 nitrogen and oxygen atoms in total. The second-order valence-electron chi connectivity index (χ2n) is 13.4. The zero-order valence-corrected chi connectivity index (χ0v) is 28.3. The number of para-hydroxylation sites is 1. The summed E-state index contributed by atoms with van der Waals surface area (Å²) in [6.45, 7) is 0. The van der Waals surface area contributed by atoms with E-state index in [1.807, 2.05) is 17.8 Å². The number of pyridine rings is 1. The molecule has 0 saturated carbocycles. The average Bonchev–Trinajstić information content (AvgIpc) is 3.71. The summed E-state index contributed by atoms with van der Waals surface area (Å²) in [5.41, 5.74) is 15.4. The van der Waals surface area contributed by atoms with Crippen LogP contribution in [0.25, 0.3) is 66.7 Å². The third-order valence-corrected chi connectivity index (χ3v) is 11.9. The minimum atomic E-state index is -0.435. The van der Waals surface area contributed by atoms with Crippen LogP contribution in [0.3, 0.4) is 0 Å². The standard InChI is InChI=1S/C48H29NOS/c1-3-14-30(15-4-1)32-26-42(31-16-5-2-6-17-31)49-43(27-32)36-21-13-20-35-37-28-41-46(29-44(37)50-47(35)36)51-45-25-12-11-24-40(45)48(41)38-22-9-7-18-33(38)34-19-8-10-23-39(34)48/h1-29H. The highest BCUT2D eigenvalue weighted by Gasteiger charge is 2.50. The fourth-order valence-corrected chi connectivity index (χ4v) is 9.77. The van der Waals surface area contributed by atoms with E-state index < -0.39 is 5.41 Å². The van der Waals surface area contributed by atoms with Crippen molar-refractivity contribution in [2.75, 3.05) is 0 Å². The van der Waals surface area contributed by atoms with Gasteiger partial charge in [-0.15, -0.1) is 0 Å². The molecule has 0 N–H and O–H groups in total. The number of aromatic nitrogens is 1. The Bertz CT molecular complexity index is 2730. The van der Waals surface area contributed by atoms with Gasteiger partial charge in [0, 0.05) is 31.7 Å². The molecule has 0 bridgehead atoms. The first-order chi connectivity index (χ1) is 25.3. The third kappa shape index (κ3) is 4.10. The molecular formula is C48H29NOS. The molecule has 1 spiro atoms. The van der Waals surface area contributed by atoms with Crippen molar-refractivity contribution in [3.05, 3.63) is 198 Å². The normalized spacial score (nSPS) is 13.6. The van der Waals surface area contributed by atoms with E-state index in [1.54, 1.807) is 0 Å². The Kier molecular flexibility index (Phi) is 6.14.